The fourth-order valence-electron chi connectivity index (χ4n) is 3.37. The summed E-state index contributed by atoms with van der Waals surface area (Å²) >= 11 is 5.94. The molecule has 198 valence electrons. The van der Waals surface area contributed by atoms with Gasteiger partial charge in [0.05, 0.1) is 18.4 Å². The van der Waals surface area contributed by atoms with E-state index in [1.165, 1.54) is 31.4 Å². The molecule has 3 rings (SSSR count). The molecule has 0 unspecified atom stereocenters. The molecule has 0 saturated carbocycles. The lowest BCUT2D eigenvalue weighted by Crippen LogP contribution is -2.33. The number of hydrogen-bond donors (Lipinski definition) is 3. The van der Waals surface area contributed by atoms with E-state index in [1.807, 2.05) is 4.90 Å². The van der Waals surface area contributed by atoms with Crippen molar-refractivity contribution < 1.29 is 46.1 Å². The Kier molecular flexibility index (Phi) is 9.44. The lowest BCUT2D eigenvalue weighted by molar-refractivity contribution is -0.192. The Bertz CT molecular complexity index is 1210. The Balaban J connectivity index is 0.000000572. The number of carbonyl (C=O) groups is 2. The van der Waals surface area contributed by atoms with E-state index < -0.39 is 28.1 Å². The number of sulfonamides is 1. The van der Waals surface area contributed by atoms with Crippen LogP contribution in [0.4, 0.5) is 24.5 Å². The second kappa shape index (κ2) is 11.7. The molecular weight excluding hydrogens is 529 g/mol. The summed E-state index contributed by atoms with van der Waals surface area (Å²) in [7, 11) is -2.67. The number of rotatable bonds is 6. The molecule has 3 N–H and O–H groups in total. The Labute approximate surface area is 210 Å². The summed E-state index contributed by atoms with van der Waals surface area (Å²) < 4.78 is 64.9. The molecule has 0 radical (unpaired) electrons. The van der Waals surface area contributed by atoms with Gasteiger partial charge in [-0.3, -0.25) is 4.72 Å². The third-order valence-electron chi connectivity index (χ3n) is 5.26. The van der Waals surface area contributed by atoms with Gasteiger partial charge in [0.2, 0.25) is 0 Å². The molecule has 0 atom stereocenters. The standard InChI is InChI=1S/C20H23ClN2O5S.C2HF3O2/c1-13-7-9-23(10-8-13)17-5-4-15(12-16(17)20(24)25)22-29(26,27)19-11-14(21)3-6-18(19)28-2;3-2(4,5)1(6)7/h3-6,11-13,22H,7-10H2,1-2H3,(H,24,25);(H,6,7). The number of ether oxygens (including phenoxy) is 1. The molecule has 2 aromatic rings. The van der Waals surface area contributed by atoms with Gasteiger partial charge in [0.25, 0.3) is 10.0 Å². The van der Waals surface area contributed by atoms with Crippen molar-refractivity contribution in [2.75, 3.05) is 29.8 Å². The third kappa shape index (κ3) is 7.65. The zero-order valence-corrected chi connectivity index (χ0v) is 20.7. The van der Waals surface area contributed by atoms with Crippen LogP contribution in [0.1, 0.15) is 30.1 Å². The first-order valence-electron chi connectivity index (χ1n) is 10.4. The second-order valence-electron chi connectivity index (χ2n) is 7.91. The number of alkyl halides is 3. The normalized spacial score (nSPS) is 14.4. The van der Waals surface area contributed by atoms with Crippen LogP contribution >= 0.6 is 11.6 Å². The number of nitrogens with zero attached hydrogens (tertiary/aromatic N) is 1. The first-order chi connectivity index (χ1) is 16.7. The Morgan fingerprint density at radius 1 is 1.11 bits per heavy atom. The predicted octanol–water partition coefficient (Wildman–Crippen LogP) is 4.72. The van der Waals surface area contributed by atoms with Crippen LogP contribution in [0.2, 0.25) is 5.02 Å². The number of carboxylic acids is 2. The SMILES string of the molecule is COc1ccc(Cl)cc1S(=O)(=O)Nc1ccc(N2CCC(C)CC2)c(C(=O)O)c1.O=C(O)C(F)(F)F. The molecule has 0 bridgehead atoms. The van der Waals surface area contributed by atoms with Crippen molar-refractivity contribution in [1.82, 2.24) is 0 Å². The maximum absolute atomic E-state index is 12.8. The monoisotopic (exact) mass is 552 g/mol. The largest absolute Gasteiger partial charge is 0.495 e. The van der Waals surface area contributed by atoms with Gasteiger partial charge in [-0.2, -0.15) is 13.2 Å². The van der Waals surface area contributed by atoms with Crippen LogP contribution in [0, 0.1) is 5.92 Å². The molecule has 0 amide bonds. The molecular formula is C22H24ClF3N2O7S. The van der Waals surface area contributed by atoms with E-state index in [0.717, 1.165) is 25.9 Å². The summed E-state index contributed by atoms with van der Waals surface area (Å²) in [5.74, 6) is -3.12. The topological polar surface area (TPSA) is 133 Å². The van der Waals surface area contributed by atoms with Gasteiger partial charge in [0.1, 0.15) is 10.6 Å². The van der Waals surface area contributed by atoms with Gasteiger partial charge in [0, 0.05) is 23.8 Å². The average molecular weight is 553 g/mol. The summed E-state index contributed by atoms with van der Waals surface area (Å²) in [6, 6.07) is 8.81. The van der Waals surface area contributed by atoms with Gasteiger partial charge in [0.15, 0.2) is 0 Å². The van der Waals surface area contributed by atoms with Crippen molar-refractivity contribution in [3.8, 4) is 5.75 Å². The molecule has 2 aromatic carbocycles. The lowest BCUT2D eigenvalue weighted by atomic mass is 9.98. The molecule has 1 heterocycles. The smallest absolute Gasteiger partial charge is 0.490 e. The van der Waals surface area contributed by atoms with Crippen molar-refractivity contribution in [1.29, 1.82) is 0 Å². The zero-order valence-electron chi connectivity index (χ0n) is 19.2. The van der Waals surface area contributed by atoms with Crippen molar-refractivity contribution in [2.24, 2.45) is 5.92 Å². The molecule has 1 fully saturated rings. The first-order valence-corrected chi connectivity index (χ1v) is 12.3. The molecule has 0 aliphatic carbocycles. The molecule has 9 nitrogen and oxygen atoms in total. The fraction of sp³-hybridized carbons (Fsp3) is 0.364. The number of aromatic carboxylic acids is 1. The third-order valence-corrected chi connectivity index (χ3v) is 6.90. The van der Waals surface area contributed by atoms with E-state index in [2.05, 4.69) is 11.6 Å². The molecule has 36 heavy (non-hydrogen) atoms. The minimum absolute atomic E-state index is 0.0535. The molecule has 0 spiro atoms. The lowest BCUT2D eigenvalue weighted by Gasteiger charge is -2.33. The van der Waals surface area contributed by atoms with Gasteiger partial charge >= 0.3 is 18.1 Å². The van der Waals surface area contributed by atoms with Gasteiger partial charge in [-0.15, -0.1) is 0 Å². The maximum Gasteiger partial charge on any atom is 0.490 e. The number of anilines is 2. The summed E-state index contributed by atoms with van der Waals surface area (Å²) in [4.78, 5) is 22.6. The van der Waals surface area contributed by atoms with Crippen LogP contribution in [0.3, 0.4) is 0 Å². The Hall–Kier alpha value is -3.19. The number of halogens is 4. The summed E-state index contributed by atoms with van der Waals surface area (Å²) in [6.07, 6.45) is -3.11. The van der Waals surface area contributed by atoms with E-state index in [9.17, 15) is 31.5 Å². The van der Waals surface area contributed by atoms with Crippen molar-refractivity contribution >= 4 is 44.9 Å². The van der Waals surface area contributed by atoms with E-state index in [4.69, 9.17) is 26.2 Å². The highest BCUT2D eigenvalue weighted by Crippen LogP contribution is 2.32. The van der Waals surface area contributed by atoms with Crippen molar-refractivity contribution in [3.05, 3.63) is 47.0 Å². The first kappa shape index (κ1) is 29.0. The van der Waals surface area contributed by atoms with Crippen LogP contribution in [-0.2, 0) is 14.8 Å². The van der Waals surface area contributed by atoms with Crippen LogP contribution in [-0.4, -0.2) is 56.9 Å². The summed E-state index contributed by atoms with van der Waals surface area (Å²) in [6.45, 7) is 3.72. The molecule has 1 saturated heterocycles. The molecule has 1 aliphatic heterocycles. The van der Waals surface area contributed by atoms with Gasteiger partial charge in [-0.05, 0) is 55.2 Å². The minimum Gasteiger partial charge on any atom is -0.495 e. The fourth-order valence-corrected chi connectivity index (χ4v) is 4.85. The van der Waals surface area contributed by atoms with Crippen molar-refractivity contribution in [2.45, 2.75) is 30.8 Å². The molecule has 1 aliphatic rings. The quantitative estimate of drug-likeness (QED) is 0.469. The highest BCUT2D eigenvalue weighted by atomic mass is 35.5. The summed E-state index contributed by atoms with van der Waals surface area (Å²) in [5.41, 5.74) is 0.795. The van der Waals surface area contributed by atoms with Crippen LogP contribution < -0.4 is 14.4 Å². The van der Waals surface area contributed by atoms with E-state index in [0.29, 0.717) is 11.6 Å². The average Bonchev–Trinajstić information content (AvgIpc) is 2.79. The highest BCUT2D eigenvalue weighted by molar-refractivity contribution is 7.92. The highest BCUT2D eigenvalue weighted by Gasteiger charge is 2.38. The summed E-state index contributed by atoms with van der Waals surface area (Å²) in [5, 5.41) is 17.0. The number of carboxylic acid groups (broad SMARTS) is 2. The number of piperidine rings is 1. The Morgan fingerprint density at radius 3 is 2.19 bits per heavy atom. The maximum atomic E-state index is 12.8. The van der Waals surface area contributed by atoms with Crippen LogP contribution in [0.5, 0.6) is 5.75 Å². The van der Waals surface area contributed by atoms with Crippen LogP contribution in [0.15, 0.2) is 41.3 Å². The van der Waals surface area contributed by atoms with Gasteiger partial charge in [-0.1, -0.05) is 18.5 Å². The molecule has 14 heteroatoms. The van der Waals surface area contributed by atoms with Crippen LogP contribution in [0.25, 0.3) is 0 Å². The van der Waals surface area contributed by atoms with E-state index in [1.54, 1.807) is 12.1 Å². The van der Waals surface area contributed by atoms with Crippen molar-refractivity contribution in [3.63, 3.8) is 0 Å². The Morgan fingerprint density at radius 2 is 1.69 bits per heavy atom. The molecule has 0 aromatic heterocycles. The number of hydrogen-bond acceptors (Lipinski definition) is 6. The number of nitrogens with one attached hydrogen (secondary N) is 1. The minimum atomic E-state index is -5.08. The van der Waals surface area contributed by atoms with E-state index in [-0.39, 0.29) is 26.9 Å². The zero-order chi connectivity index (χ0) is 27.3. The predicted molar refractivity (Wildman–Crippen MR) is 127 cm³/mol. The van der Waals surface area contributed by atoms with Gasteiger partial charge in [-0.25, -0.2) is 18.0 Å². The van der Waals surface area contributed by atoms with E-state index >= 15 is 0 Å². The van der Waals surface area contributed by atoms with Gasteiger partial charge < -0.3 is 19.8 Å². The number of methoxy groups -OCH3 is 1. The number of benzene rings is 2. The second-order valence-corrected chi connectivity index (χ2v) is 10.00. The number of aliphatic carboxylic acids is 1.